The molecule has 1 atom stereocenters. The van der Waals surface area contributed by atoms with Crippen LogP contribution in [-0.4, -0.2) is 16.6 Å². The molecule has 0 aliphatic rings. The highest BCUT2D eigenvalue weighted by Crippen LogP contribution is 2.22. The molecule has 4 heteroatoms. The second kappa shape index (κ2) is 4.00. The molecule has 0 saturated carbocycles. The molecule has 0 fully saturated rings. The Hall–Kier alpha value is -1.39. The number of rotatable bonds is 3. The predicted octanol–water partition coefficient (Wildman–Crippen LogP) is 1.69. The number of nitrogens with two attached hydrogens (primary N) is 1. The summed E-state index contributed by atoms with van der Waals surface area (Å²) in [6.45, 7) is 0.422. The van der Waals surface area contributed by atoms with Crippen LogP contribution in [0.25, 0.3) is 10.9 Å². The lowest BCUT2D eigenvalue weighted by Gasteiger charge is -2.05. The molecule has 4 N–H and O–H groups in total. The maximum Gasteiger partial charge on any atom is 0.125 e. The van der Waals surface area contributed by atoms with Crippen molar-refractivity contribution in [3.63, 3.8) is 0 Å². The molecule has 0 amide bonds. The topological polar surface area (TPSA) is 62.0 Å². The van der Waals surface area contributed by atoms with E-state index in [4.69, 9.17) is 5.73 Å². The van der Waals surface area contributed by atoms with Crippen LogP contribution in [0.2, 0.25) is 0 Å². The molecule has 2 rings (SSSR count). The summed E-state index contributed by atoms with van der Waals surface area (Å²) in [4.78, 5) is 2.98. The SMILES string of the molecule is NCCC(O)c1cc2ccc(F)cc2[nH]1. The van der Waals surface area contributed by atoms with Gasteiger partial charge in [0.25, 0.3) is 0 Å². The normalized spacial score (nSPS) is 13.3. The first kappa shape index (κ1) is 10.1. The van der Waals surface area contributed by atoms with Gasteiger partial charge in [0.2, 0.25) is 0 Å². The maximum atomic E-state index is 12.9. The third kappa shape index (κ3) is 2.00. The lowest BCUT2D eigenvalue weighted by molar-refractivity contribution is 0.166. The largest absolute Gasteiger partial charge is 0.387 e. The highest BCUT2D eigenvalue weighted by atomic mass is 19.1. The number of aliphatic hydroxyl groups excluding tert-OH is 1. The van der Waals surface area contributed by atoms with Crippen LogP contribution < -0.4 is 5.73 Å². The van der Waals surface area contributed by atoms with Crippen LogP contribution >= 0.6 is 0 Å². The number of H-pyrrole nitrogens is 1. The van der Waals surface area contributed by atoms with Crippen molar-refractivity contribution in [3.8, 4) is 0 Å². The molecule has 0 radical (unpaired) electrons. The van der Waals surface area contributed by atoms with Crippen LogP contribution in [0, 0.1) is 5.82 Å². The molecule has 80 valence electrons. The maximum absolute atomic E-state index is 12.9. The molecule has 1 heterocycles. The van der Waals surface area contributed by atoms with Crippen molar-refractivity contribution in [1.29, 1.82) is 0 Å². The summed E-state index contributed by atoms with van der Waals surface area (Å²) in [7, 11) is 0. The number of halogens is 1. The molecule has 0 spiro atoms. The minimum Gasteiger partial charge on any atom is -0.387 e. The Balaban J connectivity index is 2.38. The van der Waals surface area contributed by atoms with Crippen LogP contribution in [-0.2, 0) is 0 Å². The average Bonchev–Trinajstić information content (AvgIpc) is 2.60. The third-order valence-electron chi connectivity index (χ3n) is 2.40. The summed E-state index contributed by atoms with van der Waals surface area (Å²) < 4.78 is 12.9. The van der Waals surface area contributed by atoms with Gasteiger partial charge in [-0.1, -0.05) is 0 Å². The van der Waals surface area contributed by atoms with Gasteiger partial charge in [0.05, 0.1) is 6.10 Å². The molecule has 15 heavy (non-hydrogen) atoms. The standard InChI is InChI=1S/C11H13FN2O/c12-8-2-1-7-5-10(11(15)3-4-13)14-9(7)6-8/h1-2,5-6,11,14-15H,3-4,13H2. The van der Waals surface area contributed by atoms with Crippen LogP contribution in [0.4, 0.5) is 4.39 Å². The number of hydrogen-bond acceptors (Lipinski definition) is 2. The van der Waals surface area contributed by atoms with E-state index in [-0.39, 0.29) is 5.82 Å². The number of benzene rings is 1. The van der Waals surface area contributed by atoms with Crippen LogP contribution in [0.15, 0.2) is 24.3 Å². The van der Waals surface area contributed by atoms with Crippen molar-refractivity contribution >= 4 is 10.9 Å². The first-order chi connectivity index (χ1) is 7.20. The van der Waals surface area contributed by atoms with Crippen LogP contribution in [0.1, 0.15) is 18.2 Å². The quantitative estimate of drug-likeness (QED) is 0.718. The molecular formula is C11H13FN2O. The van der Waals surface area contributed by atoms with Gasteiger partial charge < -0.3 is 15.8 Å². The molecule has 0 aliphatic carbocycles. The zero-order valence-corrected chi connectivity index (χ0v) is 8.20. The Morgan fingerprint density at radius 3 is 2.93 bits per heavy atom. The zero-order valence-electron chi connectivity index (χ0n) is 8.20. The lowest BCUT2D eigenvalue weighted by Crippen LogP contribution is -2.06. The zero-order chi connectivity index (χ0) is 10.8. The first-order valence-electron chi connectivity index (χ1n) is 4.87. The van der Waals surface area contributed by atoms with E-state index in [1.807, 2.05) is 6.07 Å². The van der Waals surface area contributed by atoms with E-state index in [1.165, 1.54) is 12.1 Å². The molecule has 1 unspecified atom stereocenters. The molecule has 1 aromatic carbocycles. The molecule has 1 aromatic heterocycles. The number of aromatic nitrogens is 1. The lowest BCUT2D eigenvalue weighted by atomic mass is 10.2. The second-order valence-electron chi connectivity index (χ2n) is 3.55. The number of nitrogens with one attached hydrogen (secondary N) is 1. The molecular weight excluding hydrogens is 195 g/mol. The van der Waals surface area contributed by atoms with Gasteiger partial charge in [-0.25, -0.2) is 4.39 Å². The molecule has 3 nitrogen and oxygen atoms in total. The van der Waals surface area contributed by atoms with Crippen LogP contribution in [0.5, 0.6) is 0 Å². The Morgan fingerprint density at radius 2 is 2.20 bits per heavy atom. The van der Waals surface area contributed by atoms with Gasteiger partial charge in [0, 0.05) is 11.2 Å². The van der Waals surface area contributed by atoms with Crippen molar-refractivity contribution in [2.24, 2.45) is 5.73 Å². The third-order valence-corrected chi connectivity index (χ3v) is 2.40. The van der Waals surface area contributed by atoms with Crippen molar-refractivity contribution in [2.75, 3.05) is 6.54 Å². The number of aliphatic hydroxyl groups is 1. The Morgan fingerprint density at radius 1 is 1.40 bits per heavy atom. The molecule has 0 saturated heterocycles. The fraction of sp³-hybridized carbons (Fsp3) is 0.273. The van der Waals surface area contributed by atoms with Gasteiger partial charge in [-0.3, -0.25) is 0 Å². The summed E-state index contributed by atoms with van der Waals surface area (Å²) >= 11 is 0. The monoisotopic (exact) mass is 208 g/mol. The van der Waals surface area contributed by atoms with Gasteiger partial charge in [-0.2, -0.15) is 0 Å². The summed E-state index contributed by atoms with van der Waals surface area (Å²) in [5.41, 5.74) is 6.73. The minimum absolute atomic E-state index is 0.288. The van der Waals surface area contributed by atoms with Gasteiger partial charge in [-0.15, -0.1) is 0 Å². The highest BCUT2D eigenvalue weighted by molar-refractivity contribution is 5.80. The molecule has 0 aliphatic heterocycles. The summed E-state index contributed by atoms with van der Waals surface area (Å²) in [6, 6.07) is 6.30. The molecule has 0 bridgehead atoms. The highest BCUT2D eigenvalue weighted by Gasteiger charge is 2.09. The number of fused-ring (bicyclic) bond motifs is 1. The van der Waals surface area contributed by atoms with Gasteiger partial charge in [-0.05, 0) is 42.6 Å². The van der Waals surface area contributed by atoms with Crippen molar-refractivity contribution in [3.05, 3.63) is 35.8 Å². The van der Waals surface area contributed by atoms with E-state index in [2.05, 4.69) is 4.98 Å². The minimum atomic E-state index is -0.606. The molecule has 2 aromatic rings. The van der Waals surface area contributed by atoms with Gasteiger partial charge in [0.15, 0.2) is 0 Å². The average molecular weight is 208 g/mol. The Kier molecular flexibility index (Phi) is 2.70. The fourth-order valence-corrected chi connectivity index (χ4v) is 1.61. The Labute approximate surface area is 86.7 Å². The van der Waals surface area contributed by atoms with E-state index in [1.54, 1.807) is 6.07 Å². The predicted molar refractivity (Wildman–Crippen MR) is 56.9 cm³/mol. The van der Waals surface area contributed by atoms with Gasteiger partial charge >= 0.3 is 0 Å². The number of aromatic amines is 1. The van der Waals surface area contributed by atoms with E-state index in [9.17, 15) is 9.50 Å². The van der Waals surface area contributed by atoms with Crippen molar-refractivity contribution in [1.82, 2.24) is 4.98 Å². The van der Waals surface area contributed by atoms with Gasteiger partial charge in [0.1, 0.15) is 5.82 Å². The summed E-state index contributed by atoms with van der Waals surface area (Å²) in [6.07, 6.45) is -0.111. The van der Waals surface area contributed by atoms with Crippen LogP contribution in [0.3, 0.4) is 0 Å². The fourth-order valence-electron chi connectivity index (χ4n) is 1.61. The van der Waals surface area contributed by atoms with E-state index in [0.29, 0.717) is 24.2 Å². The van der Waals surface area contributed by atoms with Crippen molar-refractivity contribution < 1.29 is 9.50 Å². The number of hydrogen-bond donors (Lipinski definition) is 3. The summed E-state index contributed by atoms with van der Waals surface area (Å²) in [5.74, 6) is -0.288. The second-order valence-corrected chi connectivity index (χ2v) is 3.55. The van der Waals surface area contributed by atoms with E-state index >= 15 is 0 Å². The first-order valence-corrected chi connectivity index (χ1v) is 4.87. The van der Waals surface area contributed by atoms with E-state index < -0.39 is 6.10 Å². The van der Waals surface area contributed by atoms with E-state index in [0.717, 1.165) is 5.39 Å². The Bertz CT molecular complexity index is 467. The summed E-state index contributed by atoms with van der Waals surface area (Å²) in [5, 5.41) is 10.6. The smallest absolute Gasteiger partial charge is 0.125 e. The van der Waals surface area contributed by atoms with Crippen molar-refractivity contribution in [2.45, 2.75) is 12.5 Å².